The van der Waals surface area contributed by atoms with E-state index >= 15 is 0 Å². The lowest BCUT2D eigenvalue weighted by Gasteiger charge is -2.30. The number of primary amides is 1. The average molecular weight is 509 g/mol. The van der Waals surface area contributed by atoms with Gasteiger partial charge in [-0.05, 0) is 37.0 Å². The fourth-order valence-electron chi connectivity index (χ4n) is 5.30. The molecular weight excluding hydrogens is 472 g/mol. The van der Waals surface area contributed by atoms with Crippen molar-refractivity contribution in [2.45, 2.75) is 69.1 Å². The topological polar surface area (TPSA) is 139 Å². The molecule has 1 saturated carbocycles. The standard InChI is InChI=1S/C27H36N6O4/c1-32-15-8-13-22(32)26(36)33-16-14-20(31-27(37)29-19-11-6-3-7-12-19)23(33)25(35)30-21(24(28)34)17-18-9-4-2-5-10-18/h2,4-5,8-10,13,15,19-21,23H,3,6-7,11-12,14,16-17H2,1H3,(H2,28,34)(H,30,35)(H2,29,31,37). The number of benzene rings is 1. The van der Waals surface area contributed by atoms with Crippen LogP contribution in [0, 0.1) is 0 Å². The second-order valence-corrected chi connectivity index (χ2v) is 9.95. The Labute approximate surface area is 216 Å². The monoisotopic (exact) mass is 508 g/mol. The first-order valence-corrected chi connectivity index (χ1v) is 13.0. The highest BCUT2D eigenvalue weighted by atomic mass is 16.2. The van der Waals surface area contributed by atoms with Gasteiger partial charge in [0.15, 0.2) is 0 Å². The Morgan fingerprint density at radius 3 is 2.35 bits per heavy atom. The maximum Gasteiger partial charge on any atom is 0.315 e. The number of hydrogen-bond donors (Lipinski definition) is 4. The number of hydrogen-bond acceptors (Lipinski definition) is 4. The van der Waals surface area contributed by atoms with Gasteiger partial charge in [-0.3, -0.25) is 14.4 Å². The first-order chi connectivity index (χ1) is 17.8. The molecular formula is C27H36N6O4. The number of amides is 5. The van der Waals surface area contributed by atoms with Crippen LogP contribution in [0.4, 0.5) is 4.79 Å². The minimum absolute atomic E-state index is 0.105. The number of nitrogens with zero attached hydrogens (tertiary/aromatic N) is 2. The molecule has 10 nitrogen and oxygen atoms in total. The highest BCUT2D eigenvalue weighted by Crippen LogP contribution is 2.23. The summed E-state index contributed by atoms with van der Waals surface area (Å²) in [7, 11) is 1.76. The summed E-state index contributed by atoms with van der Waals surface area (Å²) in [6, 6.07) is 9.90. The summed E-state index contributed by atoms with van der Waals surface area (Å²) in [6.45, 7) is 0.288. The van der Waals surface area contributed by atoms with E-state index in [1.807, 2.05) is 30.3 Å². The van der Waals surface area contributed by atoms with Crippen LogP contribution in [0.25, 0.3) is 0 Å². The fourth-order valence-corrected chi connectivity index (χ4v) is 5.30. The van der Waals surface area contributed by atoms with E-state index in [1.54, 1.807) is 29.9 Å². The molecule has 1 aliphatic carbocycles. The number of nitrogens with two attached hydrogens (primary N) is 1. The number of urea groups is 1. The molecule has 1 aromatic carbocycles. The van der Waals surface area contributed by atoms with Crippen molar-refractivity contribution >= 4 is 23.8 Å². The molecule has 3 atom stereocenters. The molecule has 2 fully saturated rings. The Balaban J connectivity index is 1.51. The molecule has 4 rings (SSSR count). The molecule has 1 aliphatic heterocycles. The largest absolute Gasteiger partial charge is 0.368 e. The molecule has 10 heteroatoms. The highest BCUT2D eigenvalue weighted by Gasteiger charge is 2.44. The van der Waals surface area contributed by atoms with E-state index in [0.717, 1.165) is 31.2 Å². The lowest BCUT2D eigenvalue weighted by molar-refractivity contribution is -0.130. The second kappa shape index (κ2) is 11.9. The van der Waals surface area contributed by atoms with Crippen LogP contribution in [0.15, 0.2) is 48.7 Å². The molecule has 2 aliphatic rings. The minimum atomic E-state index is -0.989. The van der Waals surface area contributed by atoms with Gasteiger partial charge in [0.2, 0.25) is 11.8 Å². The summed E-state index contributed by atoms with van der Waals surface area (Å²) in [4.78, 5) is 53.5. The van der Waals surface area contributed by atoms with Crippen molar-refractivity contribution in [1.29, 1.82) is 0 Å². The van der Waals surface area contributed by atoms with Crippen LogP contribution in [0.5, 0.6) is 0 Å². The van der Waals surface area contributed by atoms with Crippen LogP contribution >= 0.6 is 0 Å². The molecule has 0 radical (unpaired) electrons. The lowest BCUT2D eigenvalue weighted by atomic mass is 9.96. The number of likely N-dealkylation sites (tertiary alicyclic amines) is 1. The normalized spacial score (nSPS) is 20.7. The van der Waals surface area contributed by atoms with E-state index < -0.39 is 29.9 Å². The Bertz CT molecular complexity index is 1110. The van der Waals surface area contributed by atoms with Crippen LogP contribution in [-0.2, 0) is 23.1 Å². The summed E-state index contributed by atoms with van der Waals surface area (Å²) >= 11 is 0. The number of carbonyl (C=O) groups is 4. The average Bonchev–Trinajstić information content (AvgIpc) is 3.50. The Kier molecular flexibility index (Phi) is 8.47. The zero-order chi connectivity index (χ0) is 26.4. The van der Waals surface area contributed by atoms with Gasteiger partial charge >= 0.3 is 6.03 Å². The number of nitrogens with one attached hydrogen (secondary N) is 3. The van der Waals surface area contributed by atoms with Crippen molar-refractivity contribution in [3.8, 4) is 0 Å². The molecule has 3 unspecified atom stereocenters. The van der Waals surface area contributed by atoms with Crippen molar-refractivity contribution in [3.05, 3.63) is 59.9 Å². The van der Waals surface area contributed by atoms with E-state index in [-0.39, 0.29) is 30.9 Å². The molecule has 0 spiro atoms. The number of aryl methyl sites for hydroxylation is 1. The van der Waals surface area contributed by atoms with Crippen LogP contribution in [-0.4, -0.2) is 63.9 Å². The van der Waals surface area contributed by atoms with Gasteiger partial charge in [0.25, 0.3) is 5.91 Å². The van der Waals surface area contributed by atoms with Gasteiger partial charge in [-0.15, -0.1) is 0 Å². The van der Waals surface area contributed by atoms with Gasteiger partial charge in [-0.1, -0.05) is 49.6 Å². The van der Waals surface area contributed by atoms with Crippen molar-refractivity contribution in [1.82, 2.24) is 25.4 Å². The fraction of sp³-hybridized carbons (Fsp3) is 0.481. The van der Waals surface area contributed by atoms with Crippen LogP contribution in [0.3, 0.4) is 0 Å². The molecule has 2 aromatic rings. The molecule has 198 valence electrons. The zero-order valence-corrected chi connectivity index (χ0v) is 21.2. The summed E-state index contributed by atoms with van der Waals surface area (Å²) in [6.07, 6.45) is 7.58. The van der Waals surface area contributed by atoms with Crippen LogP contribution in [0.2, 0.25) is 0 Å². The van der Waals surface area contributed by atoms with Crippen molar-refractivity contribution in [3.63, 3.8) is 0 Å². The second-order valence-electron chi connectivity index (χ2n) is 9.95. The smallest absolute Gasteiger partial charge is 0.315 e. The van der Waals surface area contributed by atoms with E-state index in [9.17, 15) is 19.2 Å². The third kappa shape index (κ3) is 6.49. The van der Waals surface area contributed by atoms with Crippen LogP contribution < -0.4 is 21.7 Å². The van der Waals surface area contributed by atoms with Crippen molar-refractivity contribution in [2.24, 2.45) is 12.8 Å². The first kappa shape index (κ1) is 26.2. The van der Waals surface area contributed by atoms with Gasteiger partial charge in [0.05, 0.1) is 6.04 Å². The molecule has 1 aromatic heterocycles. The highest BCUT2D eigenvalue weighted by molar-refractivity contribution is 5.98. The number of rotatable bonds is 8. The SMILES string of the molecule is Cn1cccc1C(=O)N1CCC(NC(=O)NC2CCCCC2)C1C(=O)NC(Cc1ccccc1)C(N)=O. The quantitative estimate of drug-likeness (QED) is 0.429. The Morgan fingerprint density at radius 1 is 0.973 bits per heavy atom. The summed E-state index contributed by atoms with van der Waals surface area (Å²) in [5, 5.41) is 8.69. The Hall–Kier alpha value is -3.82. The molecule has 5 amide bonds. The van der Waals surface area contributed by atoms with E-state index in [0.29, 0.717) is 12.1 Å². The predicted octanol–water partition coefficient (Wildman–Crippen LogP) is 1.45. The predicted molar refractivity (Wildman–Crippen MR) is 138 cm³/mol. The van der Waals surface area contributed by atoms with E-state index in [4.69, 9.17) is 5.73 Å². The molecule has 0 bridgehead atoms. The maximum absolute atomic E-state index is 13.6. The minimum Gasteiger partial charge on any atom is -0.368 e. The third-order valence-electron chi connectivity index (χ3n) is 7.29. The van der Waals surface area contributed by atoms with Crippen LogP contribution in [0.1, 0.15) is 54.6 Å². The van der Waals surface area contributed by atoms with Gasteiger partial charge in [0.1, 0.15) is 17.8 Å². The van der Waals surface area contributed by atoms with Crippen molar-refractivity contribution in [2.75, 3.05) is 6.54 Å². The van der Waals surface area contributed by atoms with Crippen molar-refractivity contribution < 1.29 is 19.2 Å². The number of aromatic nitrogens is 1. The van der Waals surface area contributed by atoms with Gasteiger partial charge in [-0.2, -0.15) is 0 Å². The van der Waals surface area contributed by atoms with E-state index in [1.165, 1.54) is 11.3 Å². The molecule has 5 N–H and O–H groups in total. The third-order valence-corrected chi connectivity index (χ3v) is 7.29. The lowest BCUT2D eigenvalue weighted by Crippen LogP contribution is -2.59. The molecule has 1 saturated heterocycles. The maximum atomic E-state index is 13.6. The summed E-state index contributed by atoms with van der Waals surface area (Å²) < 4.78 is 1.69. The van der Waals surface area contributed by atoms with Gasteiger partial charge in [0, 0.05) is 32.3 Å². The molecule has 2 heterocycles. The Morgan fingerprint density at radius 2 is 1.70 bits per heavy atom. The molecule has 37 heavy (non-hydrogen) atoms. The number of carbonyl (C=O) groups excluding carboxylic acids is 4. The summed E-state index contributed by atoms with van der Waals surface area (Å²) in [5.41, 5.74) is 6.90. The van der Waals surface area contributed by atoms with Gasteiger partial charge in [-0.25, -0.2) is 4.79 Å². The first-order valence-electron chi connectivity index (χ1n) is 13.0. The van der Waals surface area contributed by atoms with Gasteiger partial charge < -0.3 is 31.2 Å². The van der Waals surface area contributed by atoms with E-state index in [2.05, 4.69) is 16.0 Å². The zero-order valence-electron chi connectivity index (χ0n) is 21.2. The summed E-state index contributed by atoms with van der Waals surface area (Å²) in [5.74, 6) is -1.51.